The Balaban J connectivity index is 2.17. The number of hydrogen-bond donors (Lipinski definition) is 1. The lowest BCUT2D eigenvalue weighted by Gasteiger charge is -2.26. The average molecular weight is 316 g/mol. The molecule has 0 amide bonds. The molecule has 1 aromatic heterocycles. The van der Waals surface area contributed by atoms with Crippen LogP contribution in [0.5, 0.6) is 0 Å². The van der Waals surface area contributed by atoms with Crippen LogP contribution in [0.1, 0.15) is 52.7 Å². The van der Waals surface area contributed by atoms with Gasteiger partial charge in [-0.15, -0.1) is 11.3 Å². The molecule has 1 heterocycles. The lowest BCUT2D eigenvalue weighted by Crippen LogP contribution is -2.28. The Hall–Kier alpha value is -0.880. The van der Waals surface area contributed by atoms with E-state index in [0.29, 0.717) is 11.5 Å². The van der Waals surface area contributed by atoms with Gasteiger partial charge in [0.2, 0.25) is 0 Å². The Labute approximate surface area is 123 Å². The summed E-state index contributed by atoms with van der Waals surface area (Å²) < 4.78 is 25.0. The van der Waals surface area contributed by atoms with Crippen molar-refractivity contribution >= 4 is 27.1 Å². The second-order valence-electron chi connectivity index (χ2n) is 5.70. The quantitative estimate of drug-likeness (QED) is 0.925. The Morgan fingerprint density at radius 1 is 1.45 bits per heavy atom. The first kappa shape index (κ1) is 15.5. The van der Waals surface area contributed by atoms with Gasteiger partial charge in [-0.25, -0.2) is 13.2 Å². The summed E-state index contributed by atoms with van der Waals surface area (Å²) in [4.78, 5) is 11.9. The van der Waals surface area contributed by atoms with Crippen LogP contribution < -0.4 is 0 Å². The molecule has 112 valence electrons. The normalized spacial score (nSPS) is 23.7. The van der Waals surface area contributed by atoms with E-state index < -0.39 is 15.8 Å². The molecule has 2 unspecified atom stereocenters. The van der Waals surface area contributed by atoms with Crippen LogP contribution in [0.3, 0.4) is 0 Å². The summed E-state index contributed by atoms with van der Waals surface area (Å²) in [5, 5.41) is 8.70. The molecular weight excluding hydrogens is 296 g/mol. The number of rotatable bonds is 4. The van der Waals surface area contributed by atoms with Crippen molar-refractivity contribution < 1.29 is 18.3 Å². The summed E-state index contributed by atoms with van der Waals surface area (Å²) in [7, 11) is -3.19. The molecule has 0 aromatic carbocycles. The van der Waals surface area contributed by atoms with E-state index in [1.54, 1.807) is 6.92 Å². The third-order valence-electron chi connectivity index (χ3n) is 3.98. The van der Waals surface area contributed by atoms with Gasteiger partial charge in [-0.1, -0.05) is 19.8 Å². The number of carboxylic acid groups (broad SMARTS) is 1. The Morgan fingerprint density at radius 3 is 2.70 bits per heavy atom. The molecule has 2 atom stereocenters. The van der Waals surface area contributed by atoms with E-state index in [4.69, 9.17) is 5.11 Å². The van der Waals surface area contributed by atoms with Gasteiger partial charge < -0.3 is 5.11 Å². The maximum atomic E-state index is 12.5. The molecule has 1 saturated carbocycles. The molecule has 0 aliphatic heterocycles. The summed E-state index contributed by atoms with van der Waals surface area (Å²) in [6.07, 6.45) is 3.54. The summed E-state index contributed by atoms with van der Waals surface area (Å²) >= 11 is 1.15. The van der Waals surface area contributed by atoms with Crippen molar-refractivity contribution in [3.05, 3.63) is 21.4 Å². The third-order valence-corrected chi connectivity index (χ3v) is 7.22. The second kappa shape index (κ2) is 5.85. The minimum atomic E-state index is -3.19. The van der Waals surface area contributed by atoms with Crippen LogP contribution in [0.4, 0.5) is 0 Å². The maximum absolute atomic E-state index is 12.5. The van der Waals surface area contributed by atoms with Crippen LogP contribution in [0.2, 0.25) is 0 Å². The van der Waals surface area contributed by atoms with Crippen molar-refractivity contribution in [2.45, 2.75) is 50.5 Å². The average Bonchev–Trinajstić information content (AvgIpc) is 2.70. The predicted molar refractivity (Wildman–Crippen MR) is 80.1 cm³/mol. The fourth-order valence-electron chi connectivity index (χ4n) is 2.81. The van der Waals surface area contributed by atoms with E-state index in [-0.39, 0.29) is 15.9 Å². The molecule has 1 N–H and O–H groups in total. The van der Waals surface area contributed by atoms with Gasteiger partial charge in [0.1, 0.15) is 4.88 Å². The number of sulfone groups is 1. The van der Waals surface area contributed by atoms with E-state index in [0.717, 1.165) is 41.9 Å². The van der Waals surface area contributed by atoms with Crippen LogP contribution in [0.25, 0.3) is 0 Å². The number of hydrogen-bond acceptors (Lipinski definition) is 4. The van der Waals surface area contributed by atoms with Crippen LogP contribution in [0, 0.1) is 12.8 Å². The van der Waals surface area contributed by atoms with Crippen molar-refractivity contribution in [1.29, 1.82) is 0 Å². The first-order chi connectivity index (χ1) is 9.29. The van der Waals surface area contributed by atoms with Gasteiger partial charge in [-0.3, -0.25) is 0 Å². The lowest BCUT2D eigenvalue weighted by molar-refractivity contribution is 0.0702. The standard InChI is InChI=1S/C14H20O4S2/c1-9-4-3-5-12(6-9)20(17,18)8-11-7-13(14(15)16)19-10(11)2/h7,9,12H,3-6,8H2,1-2H3,(H,15,16). The Bertz CT molecular complexity index is 601. The van der Waals surface area contributed by atoms with Crippen LogP contribution in [-0.2, 0) is 15.6 Å². The van der Waals surface area contributed by atoms with Crippen molar-refractivity contribution in [2.24, 2.45) is 5.92 Å². The molecule has 1 aliphatic carbocycles. The molecule has 4 nitrogen and oxygen atoms in total. The number of aryl methyl sites for hydroxylation is 1. The monoisotopic (exact) mass is 316 g/mol. The number of aromatic carboxylic acids is 1. The van der Waals surface area contributed by atoms with E-state index in [2.05, 4.69) is 6.92 Å². The largest absolute Gasteiger partial charge is 0.477 e. The molecule has 1 fully saturated rings. The van der Waals surface area contributed by atoms with E-state index >= 15 is 0 Å². The van der Waals surface area contributed by atoms with Crippen LogP contribution >= 0.6 is 11.3 Å². The fraction of sp³-hybridized carbons (Fsp3) is 0.643. The summed E-state index contributed by atoms with van der Waals surface area (Å²) in [6.45, 7) is 3.88. The zero-order valence-electron chi connectivity index (χ0n) is 11.8. The SMILES string of the molecule is Cc1sc(C(=O)O)cc1CS(=O)(=O)C1CCCC(C)C1. The van der Waals surface area contributed by atoms with Gasteiger partial charge in [-0.2, -0.15) is 0 Å². The third kappa shape index (κ3) is 3.41. The number of carboxylic acids is 1. The van der Waals surface area contributed by atoms with E-state index in [1.165, 1.54) is 6.07 Å². The van der Waals surface area contributed by atoms with Gasteiger partial charge in [0.05, 0.1) is 11.0 Å². The highest BCUT2D eigenvalue weighted by Gasteiger charge is 2.31. The predicted octanol–water partition coefficient (Wildman–Crippen LogP) is 3.25. The van der Waals surface area contributed by atoms with Crippen molar-refractivity contribution in [2.75, 3.05) is 0 Å². The van der Waals surface area contributed by atoms with E-state index in [9.17, 15) is 13.2 Å². The zero-order chi connectivity index (χ0) is 14.9. The molecule has 0 spiro atoms. The molecule has 0 saturated heterocycles. The second-order valence-corrected chi connectivity index (χ2v) is 9.24. The van der Waals surface area contributed by atoms with Crippen molar-refractivity contribution in [1.82, 2.24) is 0 Å². The van der Waals surface area contributed by atoms with Crippen molar-refractivity contribution in [3.8, 4) is 0 Å². The molecular formula is C14H20O4S2. The molecule has 0 bridgehead atoms. The highest BCUT2D eigenvalue weighted by molar-refractivity contribution is 7.91. The molecule has 0 radical (unpaired) electrons. The molecule has 2 rings (SSSR count). The molecule has 1 aliphatic rings. The smallest absolute Gasteiger partial charge is 0.345 e. The highest BCUT2D eigenvalue weighted by Crippen LogP contribution is 2.31. The summed E-state index contributed by atoms with van der Waals surface area (Å²) in [6, 6.07) is 1.51. The van der Waals surface area contributed by atoms with Gasteiger partial charge >= 0.3 is 5.97 Å². The van der Waals surface area contributed by atoms with Crippen LogP contribution in [-0.4, -0.2) is 24.7 Å². The Kier molecular flexibility index (Phi) is 4.54. The van der Waals surface area contributed by atoms with Gasteiger partial charge in [0.15, 0.2) is 9.84 Å². The van der Waals surface area contributed by atoms with Gasteiger partial charge in [0, 0.05) is 4.88 Å². The van der Waals surface area contributed by atoms with E-state index in [1.807, 2.05) is 0 Å². The highest BCUT2D eigenvalue weighted by atomic mass is 32.2. The minimum absolute atomic E-state index is 0.0278. The first-order valence-corrected chi connectivity index (χ1v) is 9.37. The first-order valence-electron chi connectivity index (χ1n) is 6.83. The Morgan fingerprint density at radius 2 is 2.15 bits per heavy atom. The minimum Gasteiger partial charge on any atom is -0.477 e. The topological polar surface area (TPSA) is 71.4 Å². The lowest BCUT2D eigenvalue weighted by atomic mass is 9.91. The van der Waals surface area contributed by atoms with Crippen LogP contribution in [0.15, 0.2) is 6.07 Å². The summed E-state index contributed by atoms with van der Waals surface area (Å²) in [5.41, 5.74) is 0.644. The van der Waals surface area contributed by atoms with Gasteiger partial charge in [-0.05, 0) is 37.3 Å². The molecule has 1 aromatic rings. The maximum Gasteiger partial charge on any atom is 0.345 e. The van der Waals surface area contributed by atoms with Gasteiger partial charge in [0.25, 0.3) is 0 Å². The molecule has 6 heteroatoms. The fourth-order valence-corrected chi connectivity index (χ4v) is 5.90. The molecule has 20 heavy (non-hydrogen) atoms. The number of thiophene rings is 1. The number of carbonyl (C=O) groups is 1. The zero-order valence-corrected chi connectivity index (χ0v) is 13.4. The summed E-state index contributed by atoms with van der Waals surface area (Å²) in [5.74, 6) is -0.560. The van der Waals surface area contributed by atoms with Crippen molar-refractivity contribution in [3.63, 3.8) is 0 Å².